The molecule has 1 amide bonds. The summed E-state index contributed by atoms with van der Waals surface area (Å²) in [5.41, 5.74) is 6.40. The van der Waals surface area contributed by atoms with Gasteiger partial charge >= 0.3 is 24.3 Å². The number of amides is 1. The van der Waals surface area contributed by atoms with Crippen molar-refractivity contribution in [1.82, 2.24) is 14.8 Å². The molecule has 17 heteroatoms. The minimum Gasteiger partial charge on any atom is -0.419 e. The van der Waals surface area contributed by atoms with E-state index in [1.807, 2.05) is 19.0 Å². The van der Waals surface area contributed by atoms with E-state index in [4.69, 9.17) is 11.1 Å². The zero-order chi connectivity index (χ0) is 36.3. The van der Waals surface area contributed by atoms with Crippen molar-refractivity contribution in [2.24, 2.45) is 5.73 Å². The molecule has 0 bridgehead atoms. The normalized spacial score (nSPS) is 13.6. The number of pyridine rings is 1. The Balaban J connectivity index is 1.65. The van der Waals surface area contributed by atoms with Crippen molar-refractivity contribution in [1.29, 1.82) is 5.41 Å². The first-order chi connectivity index (χ1) is 22.9. The number of carbonyl (C=O) groups excluding carboxylic acids is 3. The quantitative estimate of drug-likeness (QED) is 0.0985. The third-order valence-corrected chi connectivity index (χ3v) is 7.34. The molecule has 0 aliphatic carbocycles. The Morgan fingerprint density at radius 1 is 0.939 bits per heavy atom. The molecule has 260 valence electrons. The fraction of sp³-hybridized carbons (Fsp3) is 0.281. The number of ether oxygens (including phenoxy) is 2. The molecule has 0 atom stereocenters. The largest absolute Gasteiger partial charge is 0.491 e. The molecule has 2 aromatic carbocycles. The van der Waals surface area contributed by atoms with E-state index in [2.05, 4.69) is 14.5 Å². The van der Waals surface area contributed by atoms with Crippen molar-refractivity contribution in [3.05, 3.63) is 87.3 Å². The number of nitrogens with two attached hydrogens (primary N) is 1. The van der Waals surface area contributed by atoms with Crippen LogP contribution in [0, 0.1) is 5.41 Å². The van der Waals surface area contributed by atoms with Crippen molar-refractivity contribution < 1.29 is 50.2 Å². The SMILES string of the molecule is CN(C)CCc1[nH]c(=O)ccc1-c1ccc(C(=O)N2CC=C(c3c(OC(=O)C(F)(F)F)ccc(C(=N)N)c3OC(=O)C(F)(F)F)CC2)cc1. The number of hydrogen-bond donors (Lipinski definition) is 3. The van der Waals surface area contributed by atoms with Gasteiger partial charge in [-0.15, -0.1) is 0 Å². The molecule has 4 rings (SSSR count). The van der Waals surface area contributed by atoms with Gasteiger partial charge in [0.1, 0.15) is 11.6 Å². The zero-order valence-corrected chi connectivity index (χ0v) is 25.9. The van der Waals surface area contributed by atoms with Crippen molar-refractivity contribution in [2.45, 2.75) is 25.2 Å². The first kappa shape index (κ1) is 36.4. The maximum atomic E-state index is 13.4. The molecular formula is C32H29F6N5O6. The summed E-state index contributed by atoms with van der Waals surface area (Å²) in [4.78, 5) is 55.0. The van der Waals surface area contributed by atoms with Crippen LogP contribution in [0.4, 0.5) is 26.3 Å². The van der Waals surface area contributed by atoms with Gasteiger partial charge in [-0.25, -0.2) is 9.59 Å². The van der Waals surface area contributed by atoms with Crippen LogP contribution in [0.1, 0.15) is 33.6 Å². The van der Waals surface area contributed by atoms with E-state index >= 15 is 0 Å². The molecular weight excluding hydrogens is 664 g/mol. The number of H-pyrrole nitrogens is 1. The molecule has 4 N–H and O–H groups in total. The second-order valence-electron chi connectivity index (χ2n) is 11.1. The smallest absolute Gasteiger partial charge is 0.419 e. The summed E-state index contributed by atoms with van der Waals surface area (Å²) in [5.74, 6) is -8.79. The van der Waals surface area contributed by atoms with Crippen molar-refractivity contribution >= 4 is 29.3 Å². The first-order valence-corrected chi connectivity index (χ1v) is 14.4. The van der Waals surface area contributed by atoms with Gasteiger partial charge in [-0.3, -0.25) is 15.0 Å². The molecule has 0 spiro atoms. The predicted molar refractivity (Wildman–Crippen MR) is 164 cm³/mol. The fourth-order valence-corrected chi connectivity index (χ4v) is 4.96. The van der Waals surface area contributed by atoms with Gasteiger partial charge in [0.2, 0.25) is 5.56 Å². The van der Waals surface area contributed by atoms with Gasteiger partial charge in [0.15, 0.2) is 5.75 Å². The molecule has 2 heterocycles. The average molecular weight is 694 g/mol. The Labute approximate surface area is 274 Å². The van der Waals surface area contributed by atoms with E-state index in [0.29, 0.717) is 18.7 Å². The number of nitrogens with zero attached hydrogens (tertiary/aromatic N) is 2. The average Bonchev–Trinajstić information content (AvgIpc) is 3.03. The summed E-state index contributed by atoms with van der Waals surface area (Å²) in [6, 6.07) is 11.1. The van der Waals surface area contributed by atoms with Gasteiger partial charge in [-0.1, -0.05) is 18.2 Å². The number of amidine groups is 1. The third kappa shape index (κ3) is 8.72. The maximum absolute atomic E-state index is 13.4. The van der Waals surface area contributed by atoms with Crippen LogP contribution >= 0.6 is 0 Å². The van der Waals surface area contributed by atoms with E-state index in [1.165, 1.54) is 17.0 Å². The third-order valence-electron chi connectivity index (χ3n) is 7.34. The Bertz CT molecular complexity index is 1870. The molecule has 0 unspecified atom stereocenters. The molecule has 1 aliphatic heterocycles. The van der Waals surface area contributed by atoms with Crippen LogP contribution < -0.4 is 20.8 Å². The number of aromatic nitrogens is 1. The van der Waals surface area contributed by atoms with Crippen LogP contribution in [-0.4, -0.2) is 84.5 Å². The molecule has 0 saturated carbocycles. The van der Waals surface area contributed by atoms with Gasteiger partial charge in [0.25, 0.3) is 5.91 Å². The summed E-state index contributed by atoms with van der Waals surface area (Å²) in [6.45, 7) is 0.365. The number of nitrogen functional groups attached to an aromatic ring is 1. The Morgan fingerprint density at radius 2 is 1.57 bits per heavy atom. The number of halogens is 6. The minimum absolute atomic E-state index is 0.0410. The van der Waals surface area contributed by atoms with E-state index in [1.54, 1.807) is 30.3 Å². The lowest BCUT2D eigenvalue weighted by Gasteiger charge is -2.28. The zero-order valence-electron chi connectivity index (χ0n) is 25.9. The summed E-state index contributed by atoms with van der Waals surface area (Å²) < 4.78 is 87.6. The van der Waals surface area contributed by atoms with Crippen LogP contribution in [0.2, 0.25) is 0 Å². The topological polar surface area (TPSA) is 159 Å². The van der Waals surface area contributed by atoms with Gasteiger partial charge in [-0.05, 0) is 62.0 Å². The fourth-order valence-electron chi connectivity index (χ4n) is 4.96. The number of carbonyl (C=O) groups is 3. The van der Waals surface area contributed by atoms with E-state index in [0.717, 1.165) is 23.3 Å². The molecule has 0 fully saturated rings. The second kappa shape index (κ2) is 14.3. The molecule has 3 aromatic rings. The van der Waals surface area contributed by atoms with Crippen LogP contribution in [0.25, 0.3) is 16.7 Å². The highest BCUT2D eigenvalue weighted by Crippen LogP contribution is 2.42. The molecule has 1 aromatic heterocycles. The molecule has 1 aliphatic rings. The summed E-state index contributed by atoms with van der Waals surface area (Å²) in [5, 5.41) is 7.74. The number of benzene rings is 2. The van der Waals surface area contributed by atoms with Gasteiger partial charge < -0.3 is 30.0 Å². The number of alkyl halides is 6. The van der Waals surface area contributed by atoms with Crippen molar-refractivity contribution in [3.63, 3.8) is 0 Å². The monoisotopic (exact) mass is 693 g/mol. The van der Waals surface area contributed by atoms with E-state index in [9.17, 15) is 45.5 Å². The van der Waals surface area contributed by atoms with Crippen LogP contribution in [0.3, 0.4) is 0 Å². The van der Waals surface area contributed by atoms with Gasteiger partial charge in [-0.2, -0.15) is 26.3 Å². The predicted octanol–water partition coefficient (Wildman–Crippen LogP) is 4.29. The highest BCUT2D eigenvalue weighted by molar-refractivity contribution is 6.02. The molecule has 0 saturated heterocycles. The molecule has 11 nitrogen and oxygen atoms in total. The number of aromatic amines is 1. The molecule has 49 heavy (non-hydrogen) atoms. The van der Waals surface area contributed by atoms with Crippen LogP contribution in [-0.2, 0) is 16.0 Å². The lowest BCUT2D eigenvalue weighted by Crippen LogP contribution is -2.35. The minimum atomic E-state index is -5.55. The number of rotatable bonds is 9. The van der Waals surface area contributed by atoms with Crippen LogP contribution in [0.5, 0.6) is 11.5 Å². The second-order valence-corrected chi connectivity index (χ2v) is 11.1. The lowest BCUT2D eigenvalue weighted by atomic mass is 9.94. The summed E-state index contributed by atoms with van der Waals surface area (Å²) in [7, 11) is 3.79. The van der Waals surface area contributed by atoms with E-state index in [-0.39, 0.29) is 36.2 Å². The van der Waals surface area contributed by atoms with Crippen molar-refractivity contribution in [3.8, 4) is 22.6 Å². The standard InChI is InChI=1S/C32H29F6N5O6/c1-42(2)14-13-22-20(8-10-24(44)41-22)17-3-5-19(6-4-17)28(45)43-15-11-18(12-16-43)25-23(48-29(46)31(33,34)35)9-7-21(27(39)40)26(25)49-30(47)32(36,37)38/h3-11H,12-16H2,1-2H3,(H3,39,40)(H,41,44). The Kier molecular flexibility index (Phi) is 10.7. The highest BCUT2D eigenvalue weighted by atomic mass is 19.4. The highest BCUT2D eigenvalue weighted by Gasteiger charge is 2.44. The Hall–Kier alpha value is -5.45. The van der Waals surface area contributed by atoms with Gasteiger partial charge in [0.05, 0.1) is 11.1 Å². The lowest BCUT2D eigenvalue weighted by molar-refractivity contribution is -0.190. The number of hydrogen-bond acceptors (Lipinski definition) is 8. The Morgan fingerprint density at radius 3 is 2.12 bits per heavy atom. The first-order valence-electron chi connectivity index (χ1n) is 14.4. The van der Waals surface area contributed by atoms with E-state index < -0.39 is 58.7 Å². The summed E-state index contributed by atoms with van der Waals surface area (Å²) in [6.07, 6.45) is -9.40. The number of nitrogens with one attached hydrogen (secondary N) is 2. The summed E-state index contributed by atoms with van der Waals surface area (Å²) >= 11 is 0. The van der Waals surface area contributed by atoms with Gasteiger partial charge in [0, 0.05) is 48.9 Å². The van der Waals surface area contributed by atoms with Crippen LogP contribution in [0.15, 0.2) is 59.4 Å². The molecule has 0 radical (unpaired) electrons. The number of likely N-dealkylation sites (N-methyl/N-ethyl adjacent to an activating group) is 1. The number of esters is 2. The maximum Gasteiger partial charge on any atom is 0.491 e. The van der Waals surface area contributed by atoms with Crippen molar-refractivity contribution in [2.75, 3.05) is 33.7 Å².